The molecule has 5 nitrogen and oxygen atoms in total. The normalized spacial score (nSPS) is 14.6. The summed E-state index contributed by atoms with van der Waals surface area (Å²) in [6, 6.07) is 8.11. The van der Waals surface area contributed by atoms with Crippen molar-refractivity contribution in [2.24, 2.45) is 5.92 Å². The van der Waals surface area contributed by atoms with E-state index in [4.69, 9.17) is 14.5 Å². The Morgan fingerprint density at radius 1 is 1.11 bits per heavy atom. The highest BCUT2D eigenvalue weighted by atomic mass is 16.5. The molecular formula is C23H33N3O2. The predicted molar refractivity (Wildman–Crippen MR) is 112 cm³/mol. The number of benzene rings is 1. The van der Waals surface area contributed by atoms with Gasteiger partial charge in [-0.1, -0.05) is 19.9 Å². The topological polar surface area (TPSA) is 47.5 Å². The summed E-state index contributed by atoms with van der Waals surface area (Å²) in [6.45, 7) is 8.69. The van der Waals surface area contributed by atoms with Crippen LogP contribution in [0.15, 0.2) is 30.5 Å². The summed E-state index contributed by atoms with van der Waals surface area (Å²) in [5, 5.41) is 0. The lowest BCUT2D eigenvalue weighted by Gasteiger charge is -2.16. The minimum atomic E-state index is 0.587. The molecule has 0 aliphatic carbocycles. The Hall–Kier alpha value is -2.14. The van der Waals surface area contributed by atoms with Crippen LogP contribution >= 0.6 is 0 Å². The van der Waals surface area contributed by atoms with Crippen molar-refractivity contribution in [3.63, 3.8) is 0 Å². The third kappa shape index (κ3) is 6.20. The van der Waals surface area contributed by atoms with Crippen molar-refractivity contribution in [3.8, 4) is 11.5 Å². The first kappa shape index (κ1) is 20.6. The Balaban J connectivity index is 1.60. The van der Waals surface area contributed by atoms with Crippen molar-refractivity contribution in [1.82, 2.24) is 14.9 Å². The molecule has 0 atom stereocenters. The fraction of sp³-hybridized carbons (Fsp3) is 0.565. The van der Waals surface area contributed by atoms with Crippen LogP contribution in [0.25, 0.3) is 0 Å². The molecule has 1 aromatic heterocycles. The molecule has 3 rings (SSSR count). The Kier molecular flexibility index (Phi) is 7.66. The highest BCUT2D eigenvalue weighted by Gasteiger charge is 2.12. The van der Waals surface area contributed by atoms with Gasteiger partial charge in [-0.25, -0.2) is 9.97 Å². The fourth-order valence-electron chi connectivity index (χ4n) is 3.66. The van der Waals surface area contributed by atoms with Crippen molar-refractivity contribution in [2.45, 2.75) is 46.0 Å². The number of hydrogen-bond donors (Lipinski definition) is 0. The largest absolute Gasteiger partial charge is 0.493 e. The third-order valence-electron chi connectivity index (χ3n) is 5.05. The van der Waals surface area contributed by atoms with E-state index < -0.39 is 0 Å². The summed E-state index contributed by atoms with van der Waals surface area (Å²) < 4.78 is 11.5. The first-order valence-corrected chi connectivity index (χ1v) is 10.5. The molecule has 0 bridgehead atoms. The summed E-state index contributed by atoms with van der Waals surface area (Å²) >= 11 is 0. The summed E-state index contributed by atoms with van der Waals surface area (Å²) in [7, 11) is 1.69. The Bertz CT molecular complexity index is 742. The van der Waals surface area contributed by atoms with Crippen LogP contribution in [0.1, 0.15) is 50.2 Å². The van der Waals surface area contributed by atoms with Crippen molar-refractivity contribution in [2.75, 3.05) is 33.4 Å². The van der Waals surface area contributed by atoms with Gasteiger partial charge in [0, 0.05) is 24.9 Å². The standard InChI is InChI=1S/C23H33N3O2/c1-18(2)15-20-9-10-24-23(25-20)17-19-7-8-21(27-3)22(16-19)28-14-6-13-26-11-4-5-12-26/h7-10,16,18H,4-6,11-15,17H2,1-3H3. The van der Waals surface area contributed by atoms with Crippen molar-refractivity contribution < 1.29 is 9.47 Å². The van der Waals surface area contributed by atoms with Gasteiger partial charge in [0.05, 0.1) is 13.7 Å². The first-order valence-electron chi connectivity index (χ1n) is 10.5. The van der Waals surface area contributed by atoms with E-state index in [2.05, 4.69) is 35.9 Å². The second kappa shape index (κ2) is 10.4. The second-order valence-corrected chi connectivity index (χ2v) is 7.97. The van der Waals surface area contributed by atoms with E-state index in [1.165, 1.54) is 25.9 Å². The molecule has 0 spiro atoms. The van der Waals surface area contributed by atoms with Gasteiger partial charge in [-0.05, 0) is 68.5 Å². The maximum atomic E-state index is 6.05. The van der Waals surface area contributed by atoms with Gasteiger partial charge in [0.25, 0.3) is 0 Å². The SMILES string of the molecule is COc1ccc(Cc2nccc(CC(C)C)n2)cc1OCCCN1CCCC1. The number of nitrogens with zero attached hydrogens (tertiary/aromatic N) is 3. The number of likely N-dealkylation sites (tertiary alicyclic amines) is 1. The van der Waals surface area contributed by atoms with Crippen LogP contribution in [0, 0.1) is 5.92 Å². The van der Waals surface area contributed by atoms with E-state index in [9.17, 15) is 0 Å². The lowest BCUT2D eigenvalue weighted by atomic mass is 10.1. The first-order chi connectivity index (χ1) is 13.6. The maximum absolute atomic E-state index is 6.05. The fourth-order valence-corrected chi connectivity index (χ4v) is 3.66. The molecule has 1 aliphatic rings. The van der Waals surface area contributed by atoms with Gasteiger partial charge in [-0.3, -0.25) is 0 Å². The lowest BCUT2D eigenvalue weighted by molar-refractivity contribution is 0.254. The molecule has 5 heteroatoms. The lowest BCUT2D eigenvalue weighted by Crippen LogP contribution is -2.21. The molecule has 0 radical (unpaired) electrons. The van der Waals surface area contributed by atoms with Crippen LogP contribution in [0.4, 0.5) is 0 Å². The van der Waals surface area contributed by atoms with Crippen molar-refractivity contribution in [3.05, 3.63) is 47.5 Å². The van der Waals surface area contributed by atoms with E-state index in [1.807, 2.05) is 18.3 Å². The zero-order chi connectivity index (χ0) is 19.8. The Labute approximate surface area is 169 Å². The zero-order valence-corrected chi connectivity index (χ0v) is 17.5. The molecular weight excluding hydrogens is 350 g/mol. The summed E-state index contributed by atoms with van der Waals surface area (Å²) in [5.41, 5.74) is 2.24. The minimum Gasteiger partial charge on any atom is -0.493 e. The number of aromatic nitrogens is 2. The third-order valence-corrected chi connectivity index (χ3v) is 5.05. The van der Waals surface area contributed by atoms with Gasteiger partial charge >= 0.3 is 0 Å². The average molecular weight is 384 g/mol. The number of hydrogen-bond acceptors (Lipinski definition) is 5. The molecule has 2 heterocycles. The van der Waals surface area contributed by atoms with Gasteiger partial charge < -0.3 is 14.4 Å². The second-order valence-electron chi connectivity index (χ2n) is 7.97. The van der Waals surface area contributed by atoms with Crippen LogP contribution in [-0.2, 0) is 12.8 Å². The number of ether oxygens (including phenoxy) is 2. The zero-order valence-electron chi connectivity index (χ0n) is 17.5. The van der Waals surface area contributed by atoms with Crippen molar-refractivity contribution >= 4 is 0 Å². The van der Waals surface area contributed by atoms with Crippen LogP contribution in [0.3, 0.4) is 0 Å². The van der Waals surface area contributed by atoms with Crippen LogP contribution < -0.4 is 9.47 Å². The van der Waals surface area contributed by atoms with E-state index >= 15 is 0 Å². The van der Waals surface area contributed by atoms with E-state index in [0.717, 1.165) is 48.0 Å². The molecule has 2 aromatic rings. The molecule has 1 fully saturated rings. The van der Waals surface area contributed by atoms with Gasteiger partial charge in [0.15, 0.2) is 11.5 Å². The number of rotatable bonds is 10. The minimum absolute atomic E-state index is 0.587. The monoisotopic (exact) mass is 383 g/mol. The van der Waals surface area contributed by atoms with E-state index in [-0.39, 0.29) is 0 Å². The van der Waals surface area contributed by atoms with Crippen LogP contribution in [0.2, 0.25) is 0 Å². The Morgan fingerprint density at radius 2 is 1.93 bits per heavy atom. The highest BCUT2D eigenvalue weighted by Crippen LogP contribution is 2.29. The van der Waals surface area contributed by atoms with Gasteiger partial charge in [0.2, 0.25) is 0 Å². The smallest absolute Gasteiger partial charge is 0.161 e. The molecule has 0 N–H and O–H groups in total. The highest BCUT2D eigenvalue weighted by molar-refractivity contribution is 5.43. The van der Waals surface area contributed by atoms with Crippen molar-refractivity contribution in [1.29, 1.82) is 0 Å². The summed E-state index contributed by atoms with van der Waals surface area (Å²) in [6.07, 6.45) is 7.23. The maximum Gasteiger partial charge on any atom is 0.161 e. The summed E-state index contributed by atoms with van der Waals surface area (Å²) in [4.78, 5) is 11.7. The molecule has 1 aliphatic heterocycles. The van der Waals surface area contributed by atoms with Gasteiger partial charge in [-0.15, -0.1) is 0 Å². The van der Waals surface area contributed by atoms with Crippen LogP contribution in [-0.4, -0.2) is 48.2 Å². The molecule has 1 saturated heterocycles. The quantitative estimate of drug-likeness (QED) is 0.577. The number of methoxy groups -OCH3 is 1. The average Bonchev–Trinajstić information content (AvgIpc) is 3.19. The molecule has 0 unspecified atom stereocenters. The molecule has 1 aromatic carbocycles. The molecule has 0 saturated carbocycles. The van der Waals surface area contributed by atoms with Crippen LogP contribution in [0.5, 0.6) is 11.5 Å². The van der Waals surface area contributed by atoms with E-state index in [0.29, 0.717) is 18.9 Å². The van der Waals surface area contributed by atoms with Gasteiger partial charge in [0.1, 0.15) is 5.82 Å². The summed E-state index contributed by atoms with van der Waals surface area (Å²) in [5.74, 6) is 3.02. The van der Waals surface area contributed by atoms with Gasteiger partial charge in [-0.2, -0.15) is 0 Å². The molecule has 0 amide bonds. The Morgan fingerprint density at radius 3 is 2.68 bits per heavy atom. The van der Waals surface area contributed by atoms with E-state index in [1.54, 1.807) is 7.11 Å². The molecule has 28 heavy (non-hydrogen) atoms. The predicted octanol–water partition coefficient (Wildman–Crippen LogP) is 4.14. The molecule has 152 valence electrons.